The first-order valence-corrected chi connectivity index (χ1v) is 11.0. The number of nitrogens with one attached hydrogen (secondary N) is 1. The predicted octanol–water partition coefficient (Wildman–Crippen LogP) is 4.84. The Morgan fingerprint density at radius 1 is 1.09 bits per heavy atom. The minimum Gasteiger partial charge on any atom is -0.366 e. The second-order valence-corrected chi connectivity index (χ2v) is 8.52. The summed E-state index contributed by atoms with van der Waals surface area (Å²) in [5.74, 6) is -3.50. The Hall–Kier alpha value is -3.20. The van der Waals surface area contributed by atoms with Crippen LogP contribution in [0.4, 0.5) is 13.2 Å². The number of alkyl halides is 1. The summed E-state index contributed by atoms with van der Waals surface area (Å²) >= 11 is 3.30. The highest BCUT2D eigenvalue weighted by molar-refractivity contribution is 9.10. The molecular formula is C24H21BrF3N3O2. The third kappa shape index (κ3) is 5.98. The summed E-state index contributed by atoms with van der Waals surface area (Å²) < 4.78 is 41.6. The maximum absolute atomic E-state index is 14.0. The van der Waals surface area contributed by atoms with Gasteiger partial charge in [-0.05, 0) is 54.3 Å². The largest absolute Gasteiger partial charge is 0.366 e. The smallest absolute Gasteiger partial charge is 0.251 e. The zero-order chi connectivity index (χ0) is 24.1. The average molecular weight is 520 g/mol. The minimum absolute atomic E-state index is 0.0394. The molecule has 0 aliphatic rings. The van der Waals surface area contributed by atoms with E-state index in [-0.39, 0.29) is 17.9 Å². The first-order valence-electron chi connectivity index (χ1n) is 10.1. The van der Waals surface area contributed by atoms with Crippen LogP contribution < -0.4 is 11.1 Å². The fraction of sp³-hybridized carbons (Fsp3) is 0.208. The Morgan fingerprint density at radius 2 is 1.79 bits per heavy atom. The molecule has 1 heterocycles. The fourth-order valence-corrected chi connectivity index (χ4v) is 3.58. The molecule has 5 nitrogen and oxygen atoms in total. The van der Waals surface area contributed by atoms with Crippen LogP contribution in [0.15, 0.2) is 54.7 Å². The van der Waals surface area contributed by atoms with Gasteiger partial charge >= 0.3 is 0 Å². The number of primary amides is 1. The lowest BCUT2D eigenvalue weighted by atomic mass is 9.94. The Kier molecular flexibility index (Phi) is 7.86. The molecule has 0 spiro atoms. The number of nitrogens with two attached hydrogens (primary N) is 1. The number of halogens is 4. The van der Waals surface area contributed by atoms with Crippen molar-refractivity contribution < 1.29 is 22.8 Å². The predicted molar refractivity (Wildman–Crippen MR) is 122 cm³/mol. The number of pyridine rings is 1. The molecule has 9 heteroatoms. The SMILES string of the molecule is CCC(Br)C(=O)NC(Cc1cc(F)cc(F)c1)c1ncccc1-c1ccc(F)c(C(N)=O)c1. The molecule has 2 unspecified atom stereocenters. The fourth-order valence-electron chi connectivity index (χ4n) is 3.45. The van der Waals surface area contributed by atoms with Crippen molar-refractivity contribution in [2.24, 2.45) is 5.73 Å². The molecule has 3 rings (SSSR count). The van der Waals surface area contributed by atoms with Gasteiger partial charge in [0.25, 0.3) is 5.91 Å². The quantitative estimate of drug-likeness (QED) is 0.417. The molecule has 0 saturated carbocycles. The minimum atomic E-state index is -0.926. The Bertz CT molecular complexity index is 1170. The van der Waals surface area contributed by atoms with Gasteiger partial charge in [-0.1, -0.05) is 35.0 Å². The van der Waals surface area contributed by atoms with Gasteiger partial charge in [-0.25, -0.2) is 13.2 Å². The first kappa shape index (κ1) is 24.4. The number of benzene rings is 2. The molecule has 3 N–H and O–H groups in total. The number of carbonyl (C=O) groups excluding carboxylic acids is 2. The summed E-state index contributed by atoms with van der Waals surface area (Å²) in [6.07, 6.45) is 2.06. The zero-order valence-electron chi connectivity index (χ0n) is 17.6. The van der Waals surface area contributed by atoms with E-state index in [2.05, 4.69) is 26.2 Å². The summed E-state index contributed by atoms with van der Waals surface area (Å²) in [4.78, 5) is 28.2. The van der Waals surface area contributed by atoms with E-state index in [4.69, 9.17) is 5.73 Å². The van der Waals surface area contributed by atoms with E-state index in [1.165, 1.54) is 30.5 Å². The summed E-state index contributed by atoms with van der Waals surface area (Å²) in [6.45, 7) is 1.83. The van der Waals surface area contributed by atoms with E-state index in [1.807, 2.05) is 6.92 Å². The maximum Gasteiger partial charge on any atom is 0.251 e. The molecule has 0 fully saturated rings. The molecule has 0 saturated heterocycles. The molecule has 0 radical (unpaired) electrons. The lowest BCUT2D eigenvalue weighted by Crippen LogP contribution is -2.36. The van der Waals surface area contributed by atoms with Crippen LogP contribution in [0.1, 0.15) is 41.0 Å². The average Bonchev–Trinajstić information content (AvgIpc) is 2.77. The van der Waals surface area contributed by atoms with Crippen LogP contribution >= 0.6 is 15.9 Å². The van der Waals surface area contributed by atoms with Crippen molar-refractivity contribution >= 4 is 27.7 Å². The monoisotopic (exact) mass is 519 g/mol. The molecule has 0 bridgehead atoms. The highest BCUT2D eigenvalue weighted by Crippen LogP contribution is 2.30. The van der Waals surface area contributed by atoms with Crippen LogP contribution in [0.25, 0.3) is 11.1 Å². The lowest BCUT2D eigenvalue weighted by molar-refractivity contribution is -0.121. The number of hydrogen-bond donors (Lipinski definition) is 2. The van der Waals surface area contributed by atoms with Gasteiger partial charge in [-0.3, -0.25) is 14.6 Å². The van der Waals surface area contributed by atoms with Crippen molar-refractivity contribution in [3.63, 3.8) is 0 Å². The third-order valence-electron chi connectivity index (χ3n) is 5.03. The van der Waals surface area contributed by atoms with Crippen LogP contribution in [-0.2, 0) is 11.2 Å². The van der Waals surface area contributed by atoms with E-state index in [0.717, 1.165) is 12.1 Å². The summed E-state index contributed by atoms with van der Waals surface area (Å²) in [7, 11) is 0. The number of rotatable bonds is 8. The number of amides is 2. The number of nitrogens with zero attached hydrogens (tertiary/aromatic N) is 1. The highest BCUT2D eigenvalue weighted by atomic mass is 79.9. The van der Waals surface area contributed by atoms with Gasteiger partial charge in [0.15, 0.2) is 0 Å². The summed E-state index contributed by atoms with van der Waals surface area (Å²) in [6, 6.07) is 9.57. The molecular weight excluding hydrogens is 499 g/mol. The molecule has 2 atom stereocenters. The van der Waals surface area contributed by atoms with E-state index >= 15 is 0 Å². The molecule has 0 aliphatic carbocycles. The topological polar surface area (TPSA) is 85.1 Å². The summed E-state index contributed by atoms with van der Waals surface area (Å²) in [5.41, 5.74) is 6.64. The van der Waals surface area contributed by atoms with Crippen molar-refractivity contribution in [3.05, 3.63) is 89.0 Å². The molecule has 0 aliphatic heterocycles. The van der Waals surface area contributed by atoms with Gasteiger partial charge in [0.2, 0.25) is 5.91 Å². The third-order valence-corrected chi connectivity index (χ3v) is 6.10. The van der Waals surface area contributed by atoms with Gasteiger partial charge in [-0.2, -0.15) is 0 Å². The van der Waals surface area contributed by atoms with Crippen molar-refractivity contribution in [3.8, 4) is 11.1 Å². The second kappa shape index (κ2) is 10.6. The van der Waals surface area contributed by atoms with E-state index in [0.29, 0.717) is 28.8 Å². The van der Waals surface area contributed by atoms with Crippen LogP contribution in [-0.4, -0.2) is 21.6 Å². The lowest BCUT2D eigenvalue weighted by Gasteiger charge is -2.23. The molecule has 2 amide bonds. The molecule has 1 aromatic heterocycles. The van der Waals surface area contributed by atoms with Crippen LogP contribution in [0.5, 0.6) is 0 Å². The number of hydrogen-bond acceptors (Lipinski definition) is 3. The van der Waals surface area contributed by atoms with E-state index in [9.17, 15) is 22.8 Å². The Morgan fingerprint density at radius 3 is 2.42 bits per heavy atom. The maximum atomic E-state index is 14.0. The normalized spacial score (nSPS) is 12.8. The first-order chi connectivity index (χ1) is 15.7. The van der Waals surface area contributed by atoms with E-state index < -0.39 is 34.2 Å². The molecule has 3 aromatic rings. The zero-order valence-corrected chi connectivity index (χ0v) is 19.2. The molecule has 172 valence electrons. The number of aromatic nitrogens is 1. The standard InChI is InChI=1S/C24H21BrF3N3O2/c1-2-19(25)24(33)31-21(10-13-8-15(26)12-16(27)9-13)22-17(4-3-7-30-22)14-5-6-20(28)18(11-14)23(29)32/h3-9,11-12,19,21H,2,10H2,1H3,(H2,29,32)(H,31,33). The number of carbonyl (C=O) groups is 2. The van der Waals surface area contributed by atoms with Gasteiger partial charge in [-0.15, -0.1) is 0 Å². The van der Waals surface area contributed by atoms with Crippen molar-refractivity contribution in [1.29, 1.82) is 0 Å². The summed E-state index contributed by atoms with van der Waals surface area (Å²) in [5, 5.41) is 2.87. The van der Waals surface area contributed by atoms with Gasteiger partial charge in [0, 0.05) is 17.8 Å². The van der Waals surface area contributed by atoms with Gasteiger partial charge in [0.1, 0.15) is 17.5 Å². The Balaban J connectivity index is 2.10. The Labute approximate surface area is 197 Å². The van der Waals surface area contributed by atoms with Crippen molar-refractivity contribution in [1.82, 2.24) is 10.3 Å². The molecule has 2 aromatic carbocycles. The van der Waals surface area contributed by atoms with Crippen molar-refractivity contribution in [2.75, 3.05) is 0 Å². The van der Waals surface area contributed by atoms with Gasteiger partial charge < -0.3 is 11.1 Å². The van der Waals surface area contributed by atoms with Crippen molar-refractivity contribution in [2.45, 2.75) is 30.6 Å². The second-order valence-electron chi connectivity index (χ2n) is 7.41. The van der Waals surface area contributed by atoms with Crippen LogP contribution in [0.2, 0.25) is 0 Å². The van der Waals surface area contributed by atoms with E-state index in [1.54, 1.807) is 12.1 Å². The molecule has 33 heavy (non-hydrogen) atoms. The van der Waals surface area contributed by atoms with Crippen LogP contribution in [0, 0.1) is 17.5 Å². The van der Waals surface area contributed by atoms with Crippen LogP contribution in [0.3, 0.4) is 0 Å². The highest BCUT2D eigenvalue weighted by Gasteiger charge is 2.24. The van der Waals surface area contributed by atoms with Gasteiger partial charge in [0.05, 0.1) is 22.1 Å².